The van der Waals surface area contributed by atoms with Gasteiger partial charge in [0.25, 0.3) is 0 Å². The summed E-state index contributed by atoms with van der Waals surface area (Å²) in [5, 5.41) is 7.09. The molecule has 0 aliphatic heterocycles. The molecule has 0 aliphatic rings. The minimum absolute atomic E-state index is 0.0204. The van der Waals surface area contributed by atoms with E-state index in [4.69, 9.17) is 9.47 Å². The molecule has 0 bridgehead atoms. The highest BCUT2D eigenvalue weighted by molar-refractivity contribution is 6.23. The summed E-state index contributed by atoms with van der Waals surface area (Å²) in [6, 6.07) is 18.8. The van der Waals surface area contributed by atoms with Crippen LogP contribution in [0.5, 0.6) is 0 Å². The molecule has 0 N–H and O–H groups in total. The van der Waals surface area contributed by atoms with E-state index < -0.39 is 0 Å². The van der Waals surface area contributed by atoms with Crippen LogP contribution in [0.1, 0.15) is 5.56 Å². The highest BCUT2D eigenvalue weighted by Gasteiger charge is 2.13. The number of benzene rings is 4. The molecule has 0 radical (unpaired) electrons. The lowest BCUT2D eigenvalue weighted by molar-refractivity contribution is -0.144. The van der Waals surface area contributed by atoms with E-state index >= 15 is 0 Å². The molecule has 0 spiro atoms. The Labute approximate surface area is 150 Å². The Balaban J connectivity index is 1.63. The Bertz CT molecular complexity index is 1070. The predicted octanol–water partition coefficient (Wildman–Crippen LogP) is 3.89. The van der Waals surface area contributed by atoms with E-state index in [0.29, 0.717) is 6.29 Å². The topological polar surface area (TPSA) is 52.6 Å². The molecular weight excluding hydrogens is 328 g/mol. The molecule has 0 unspecified atom stereocenters. The van der Waals surface area contributed by atoms with Gasteiger partial charge in [-0.05, 0) is 37.9 Å². The first-order chi connectivity index (χ1) is 12.8. The highest BCUT2D eigenvalue weighted by Crippen LogP contribution is 2.35. The van der Waals surface area contributed by atoms with Gasteiger partial charge in [-0.25, -0.2) is 0 Å². The first-order valence-corrected chi connectivity index (χ1v) is 8.60. The summed E-state index contributed by atoms with van der Waals surface area (Å²) in [6.07, 6.45) is 0.883. The first kappa shape index (κ1) is 16.5. The summed E-state index contributed by atoms with van der Waals surface area (Å²) in [7, 11) is 0. The minimum atomic E-state index is -0.297. The van der Waals surface area contributed by atoms with Crippen molar-refractivity contribution < 1.29 is 19.1 Å². The summed E-state index contributed by atoms with van der Waals surface area (Å²) >= 11 is 0. The summed E-state index contributed by atoms with van der Waals surface area (Å²) in [5.74, 6) is -0.297. The van der Waals surface area contributed by atoms with E-state index in [1.807, 2.05) is 6.07 Å². The Kier molecular flexibility index (Phi) is 4.50. The van der Waals surface area contributed by atoms with Crippen molar-refractivity contribution in [1.82, 2.24) is 0 Å². The van der Waals surface area contributed by atoms with Gasteiger partial charge < -0.3 is 14.3 Å². The third-order valence-corrected chi connectivity index (χ3v) is 4.63. The van der Waals surface area contributed by atoms with Crippen LogP contribution in [-0.4, -0.2) is 32.1 Å². The van der Waals surface area contributed by atoms with Gasteiger partial charge in [-0.1, -0.05) is 54.6 Å². The fraction of sp³-hybridized carbons (Fsp3) is 0.182. The monoisotopic (exact) mass is 346 g/mol. The number of hydrogen-bond acceptors (Lipinski definition) is 4. The lowest BCUT2D eigenvalue weighted by Crippen LogP contribution is -2.13. The van der Waals surface area contributed by atoms with Crippen molar-refractivity contribution in [2.45, 2.75) is 6.42 Å². The van der Waals surface area contributed by atoms with Crippen LogP contribution in [0.3, 0.4) is 0 Å². The Morgan fingerprint density at radius 1 is 0.846 bits per heavy atom. The zero-order valence-electron chi connectivity index (χ0n) is 14.2. The standard InChI is InChI=1S/C22H18O4/c23-10-11-25-12-13-26-20(24)14-18-7-6-17-5-4-15-2-1-3-16-8-9-19(18)22(17)21(15)16/h1-10H,11-14H2. The molecule has 0 saturated heterocycles. The summed E-state index contributed by atoms with van der Waals surface area (Å²) in [5.41, 5.74) is 0.953. The molecule has 26 heavy (non-hydrogen) atoms. The van der Waals surface area contributed by atoms with E-state index in [1.54, 1.807) is 0 Å². The van der Waals surface area contributed by atoms with Crippen molar-refractivity contribution in [2.24, 2.45) is 0 Å². The highest BCUT2D eigenvalue weighted by atomic mass is 16.6. The molecule has 0 aliphatic carbocycles. The van der Waals surface area contributed by atoms with E-state index in [-0.39, 0.29) is 32.2 Å². The SMILES string of the molecule is O=CCOCCOC(=O)Cc1ccc2ccc3cccc4ccc1c2c34. The van der Waals surface area contributed by atoms with Gasteiger partial charge in [0.2, 0.25) is 0 Å². The second-order valence-electron chi connectivity index (χ2n) is 6.22. The van der Waals surface area contributed by atoms with Gasteiger partial charge in [0, 0.05) is 0 Å². The number of carbonyl (C=O) groups excluding carboxylic acids is 2. The molecular formula is C22H18O4. The lowest BCUT2D eigenvalue weighted by atomic mass is 9.91. The Morgan fingerprint density at radius 2 is 1.54 bits per heavy atom. The zero-order valence-corrected chi connectivity index (χ0v) is 14.2. The largest absolute Gasteiger partial charge is 0.463 e. The maximum atomic E-state index is 12.2. The first-order valence-electron chi connectivity index (χ1n) is 8.60. The number of aldehydes is 1. The van der Waals surface area contributed by atoms with Crippen molar-refractivity contribution in [3.05, 3.63) is 60.2 Å². The van der Waals surface area contributed by atoms with Gasteiger partial charge in [0.1, 0.15) is 19.5 Å². The Hall–Kier alpha value is -2.98. The maximum absolute atomic E-state index is 12.2. The fourth-order valence-corrected chi connectivity index (χ4v) is 3.50. The number of carbonyl (C=O) groups is 2. The van der Waals surface area contributed by atoms with Crippen molar-refractivity contribution in [3.8, 4) is 0 Å². The minimum Gasteiger partial charge on any atom is -0.463 e. The molecule has 130 valence electrons. The third kappa shape index (κ3) is 3.00. The van der Waals surface area contributed by atoms with Crippen LogP contribution < -0.4 is 0 Å². The van der Waals surface area contributed by atoms with Crippen molar-refractivity contribution in [2.75, 3.05) is 19.8 Å². The number of hydrogen-bond donors (Lipinski definition) is 0. The molecule has 0 saturated carbocycles. The number of rotatable bonds is 7. The van der Waals surface area contributed by atoms with Crippen LogP contribution >= 0.6 is 0 Å². The lowest BCUT2D eigenvalue weighted by Gasteiger charge is -2.13. The molecule has 4 nitrogen and oxygen atoms in total. The van der Waals surface area contributed by atoms with E-state index in [2.05, 4.69) is 48.5 Å². The van der Waals surface area contributed by atoms with E-state index in [0.717, 1.165) is 10.9 Å². The average molecular weight is 346 g/mol. The molecule has 4 aromatic carbocycles. The average Bonchev–Trinajstić information content (AvgIpc) is 2.67. The molecule has 4 rings (SSSR count). The molecule has 0 amide bonds. The second kappa shape index (κ2) is 7.10. The van der Waals surface area contributed by atoms with Gasteiger partial charge >= 0.3 is 5.97 Å². The van der Waals surface area contributed by atoms with Crippen molar-refractivity contribution in [3.63, 3.8) is 0 Å². The van der Waals surface area contributed by atoms with Crippen LogP contribution in [0.15, 0.2) is 54.6 Å². The summed E-state index contributed by atoms with van der Waals surface area (Å²) in [6.45, 7) is 0.397. The Morgan fingerprint density at radius 3 is 2.31 bits per heavy atom. The van der Waals surface area contributed by atoms with Crippen molar-refractivity contribution in [1.29, 1.82) is 0 Å². The second-order valence-corrected chi connectivity index (χ2v) is 6.22. The van der Waals surface area contributed by atoms with Crippen LogP contribution in [0.4, 0.5) is 0 Å². The normalized spacial score (nSPS) is 11.4. The van der Waals surface area contributed by atoms with Gasteiger partial charge in [-0.3, -0.25) is 4.79 Å². The summed E-state index contributed by atoms with van der Waals surface area (Å²) < 4.78 is 10.2. The maximum Gasteiger partial charge on any atom is 0.310 e. The van der Waals surface area contributed by atoms with E-state index in [9.17, 15) is 9.59 Å². The van der Waals surface area contributed by atoms with Crippen LogP contribution in [-0.2, 0) is 25.5 Å². The molecule has 0 fully saturated rings. The quantitative estimate of drug-likeness (QED) is 0.220. The smallest absolute Gasteiger partial charge is 0.310 e. The molecule has 4 heteroatoms. The predicted molar refractivity (Wildman–Crippen MR) is 102 cm³/mol. The molecule has 0 atom stereocenters. The number of esters is 1. The molecule has 0 heterocycles. The zero-order chi connectivity index (χ0) is 17.9. The summed E-state index contributed by atoms with van der Waals surface area (Å²) in [4.78, 5) is 22.3. The van der Waals surface area contributed by atoms with Gasteiger partial charge in [-0.2, -0.15) is 0 Å². The van der Waals surface area contributed by atoms with Crippen LogP contribution in [0.2, 0.25) is 0 Å². The van der Waals surface area contributed by atoms with E-state index in [1.165, 1.54) is 26.9 Å². The fourth-order valence-electron chi connectivity index (χ4n) is 3.50. The van der Waals surface area contributed by atoms with Gasteiger partial charge in [0.15, 0.2) is 0 Å². The van der Waals surface area contributed by atoms with Crippen LogP contribution in [0, 0.1) is 0 Å². The third-order valence-electron chi connectivity index (χ3n) is 4.63. The van der Waals surface area contributed by atoms with Crippen LogP contribution in [0.25, 0.3) is 32.3 Å². The van der Waals surface area contributed by atoms with Gasteiger partial charge in [0.05, 0.1) is 13.0 Å². The van der Waals surface area contributed by atoms with Gasteiger partial charge in [-0.15, -0.1) is 0 Å². The number of ether oxygens (including phenoxy) is 2. The molecule has 0 aromatic heterocycles. The molecule has 4 aromatic rings. The van der Waals surface area contributed by atoms with Crippen molar-refractivity contribution >= 4 is 44.6 Å².